The lowest BCUT2D eigenvalue weighted by Gasteiger charge is -2.45. The van der Waals surface area contributed by atoms with Crippen LogP contribution in [-0.2, 0) is 4.79 Å². The Bertz CT molecular complexity index is 545. The van der Waals surface area contributed by atoms with Gasteiger partial charge in [0.2, 0.25) is 5.91 Å². The molecular formula is C19H27NO3. The van der Waals surface area contributed by atoms with Crippen molar-refractivity contribution < 1.29 is 14.6 Å². The molecule has 1 saturated carbocycles. The van der Waals surface area contributed by atoms with E-state index in [0.29, 0.717) is 6.42 Å². The standard InChI is InChI=1S/C19H27NO3/c1-13(14-5-4-8-17(10-14)23-2)9-18(21)20-11-15-6-3-7-16(12-20)19(15)22/h4-5,8,10,13,15-16,19,22H,3,6-7,9,11-12H2,1-2H3/t13-,15-,16+,19?/m1/s1. The van der Waals surface area contributed by atoms with Gasteiger partial charge in [-0.1, -0.05) is 25.5 Å². The third kappa shape index (κ3) is 3.52. The SMILES string of the molecule is COc1cccc([C@H](C)CC(=O)N2C[C@H]3CCC[C@@H](C2)C3O)c1. The molecule has 1 heterocycles. The molecule has 4 atom stereocenters. The Morgan fingerprint density at radius 2 is 2.04 bits per heavy atom. The Hall–Kier alpha value is -1.55. The van der Waals surface area contributed by atoms with E-state index in [0.717, 1.165) is 37.2 Å². The fourth-order valence-electron chi connectivity index (χ4n) is 4.07. The molecule has 1 N–H and O–H groups in total. The summed E-state index contributed by atoms with van der Waals surface area (Å²) in [5.41, 5.74) is 1.13. The predicted molar refractivity (Wildman–Crippen MR) is 89.4 cm³/mol. The van der Waals surface area contributed by atoms with Crippen LogP contribution in [0.4, 0.5) is 0 Å². The van der Waals surface area contributed by atoms with E-state index in [1.807, 2.05) is 23.1 Å². The fourth-order valence-corrected chi connectivity index (χ4v) is 4.07. The van der Waals surface area contributed by atoms with E-state index in [2.05, 4.69) is 13.0 Å². The third-order valence-electron chi connectivity index (χ3n) is 5.52. The van der Waals surface area contributed by atoms with Crippen LogP contribution < -0.4 is 4.74 Å². The highest BCUT2D eigenvalue weighted by atomic mass is 16.5. The number of hydrogen-bond donors (Lipinski definition) is 1. The van der Waals surface area contributed by atoms with Crippen LogP contribution in [0.5, 0.6) is 5.75 Å². The van der Waals surface area contributed by atoms with Gasteiger partial charge < -0.3 is 14.7 Å². The number of hydrogen-bond acceptors (Lipinski definition) is 3. The van der Waals surface area contributed by atoms with Crippen molar-refractivity contribution >= 4 is 5.91 Å². The molecule has 2 bridgehead atoms. The second kappa shape index (κ2) is 6.91. The van der Waals surface area contributed by atoms with Gasteiger partial charge in [-0.15, -0.1) is 0 Å². The monoisotopic (exact) mass is 317 g/mol. The fraction of sp³-hybridized carbons (Fsp3) is 0.632. The lowest BCUT2D eigenvalue weighted by Crippen LogP contribution is -2.53. The molecule has 1 aliphatic carbocycles. The molecule has 1 saturated heterocycles. The van der Waals surface area contributed by atoms with Crippen LogP contribution in [0.25, 0.3) is 0 Å². The van der Waals surface area contributed by atoms with Gasteiger partial charge in [0.1, 0.15) is 5.75 Å². The Morgan fingerprint density at radius 1 is 1.35 bits per heavy atom. The second-order valence-electron chi connectivity index (χ2n) is 7.12. The lowest BCUT2D eigenvalue weighted by atomic mass is 9.75. The van der Waals surface area contributed by atoms with Gasteiger partial charge in [0.15, 0.2) is 0 Å². The minimum absolute atomic E-state index is 0.171. The van der Waals surface area contributed by atoms with Crippen molar-refractivity contribution in [2.24, 2.45) is 11.8 Å². The number of aliphatic hydroxyl groups is 1. The molecule has 2 fully saturated rings. The molecule has 4 heteroatoms. The summed E-state index contributed by atoms with van der Waals surface area (Å²) in [7, 11) is 1.66. The zero-order valence-electron chi connectivity index (χ0n) is 14.1. The maximum absolute atomic E-state index is 12.7. The smallest absolute Gasteiger partial charge is 0.223 e. The average molecular weight is 317 g/mol. The first-order valence-electron chi connectivity index (χ1n) is 8.68. The number of piperidine rings is 1. The Morgan fingerprint density at radius 3 is 2.70 bits per heavy atom. The zero-order chi connectivity index (χ0) is 16.4. The number of likely N-dealkylation sites (tertiary alicyclic amines) is 1. The molecule has 0 aromatic heterocycles. The summed E-state index contributed by atoms with van der Waals surface area (Å²) in [5.74, 6) is 1.77. The lowest BCUT2D eigenvalue weighted by molar-refractivity contribution is -0.140. The van der Waals surface area contributed by atoms with E-state index in [1.54, 1.807) is 7.11 Å². The number of amides is 1. The largest absolute Gasteiger partial charge is 0.497 e. The summed E-state index contributed by atoms with van der Waals surface area (Å²) >= 11 is 0. The average Bonchev–Trinajstić information content (AvgIpc) is 2.54. The van der Waals surface area contributed by atoms with Gasteiger partial charge in [-0.25, -0.2) is 0 Å². The maximum Gasteiger partial charge on any atom is 0.223 e. The van der Waals surface area contributed by atoms with Gasteiger partial charge in [0, 0.05) is 31.3 Å². The number of carbonyl (C=O) groups excluding carboxylic acids is 1. The Balaban J connectivity index is 1.62. The van der Waals surface area contributed by atoms with Crippen molar-refractivity contribution in [1.29, 1.82) is 0 Å². The van der Waals surface area contributed by atoms with E-state index in [1.165, 1.54) is 6.42 Å². The highest BCUT2D eigenvalue weighted by Gasteiger charge is 2.39. The Kier molecular flexibility index (Phi) is 4.90. The van der Waals surface area contributed by atoms with Gasteiger partial charge in [-0.2, -0.15) is 0 Å². The van der Waals surface area contributed by atoms with Crippen molar-refractivity contribution in [2.75, 3.05) is 20.2 Å². The van der Waals surface area contributed by atoms with Crippen LogP contribution in [0.15, 0.2) is 24.3 Å². The van der Waals surface area contributed by atoms with Crippen molar-refractivity contribution in [3.8, 4) is 5.75 Å². The summed E-state index contributed by atoms with van der Waals surface area (Å²) in [4.78, 5) is 14.7. The summed E-state index contributed by atoms with van der Waals surface area (Å²) in [6.45, 7) is 3.54. The van der Waals surface area contributed by atoms with E-state index >= 15 is 0 Å². The predicted octanol–water partition coefficient (Wildman–Crippen LogP) is 2.81. The molecule has 23 heavy (non-hydrogen) atoms. The molecule has 4 nitrogen and oxygen atoms in total. The number of benzene rings is 1. The van der Waals surface area contributed by atoms with Crippen LogP contribution >= 0.6 is 0 Å². The highest BCUT2D eigenvalue weighted by molar-refractivity contribution is 5.77. The number of carbonyl (C=O) groups is 1. The van der Waals surface area contributed by atoms with E-state index in [4.69, 9.17) is 4.74 Å². The second-order valence-corrected chi connectivity index (χ2v) is 7.12. The molecule has 1 aliphatic heterocycles. The first-order chi connectivity index (χ1) is 11.1. The summed E-state index contributed by atoms with van der Waals surface area (Å²) in [6, 6.07) is 7.95. The molecule has 0 radical (unpaired) electrons. The van der Waals surface area contributed by atoms with Crippen molar-refractivity contribution in [1.82, 2.24) is 4.90 Å². The molecular weight excluding hydrogens is 290 g/mol. The molecule has 3 rings (SSSR count). The van der Waals surface area contributed by atoms with E-state index in [-0.39, 0.29) is 29.8 Å². The van der Waals surface area contributed by atoms with Gasteiger partial charge >= 0.3 is 0 Å². The van der Waals surface area contributed by atoms with Crippen LogP contribution in [0.2, 0.25) is 0 Å². The van der Waals surface area contributed by atoms with Gasteiger partial charge in [-0.05, 0) is 36.5 Å². The minimum Gasteiger partial charge on any atom is -0.497 e. The molecule has 0 spiro atoms. The Labute approximate surface area is 138 Å². The number of nitrogens with zero attached hydrogens (tertiary/aromatic N) is 1. The minimum atomic E-state index is -0.205. The molecule has 1 amide bonds. The van der Waals surface area contributed by atoms with Gasteiger partial charge in [0.25, 0.3) is 0 Å². The third-order valence-corrected chi connectivity index (χ3v) is 5.52. The molecule has 126 valence electrons. The van der Waals surface area contributed by atoms with E-state index in [9.17, 15) is 9.90 Å². The summed E-state index contributed by atoms with van der Waals surface area (Å²) in [6.07, 6.45) is 3.60. The molecule has 1 aromatic carbocycles. The highest BCUT2D eigenvalue weighted by Crippen LogP contribution is 2.35. The van der Waals surface area contributed by atoms with Crippen molar-refractivity contribution in [3.63, 3.8) is 0 Å². The van der Waals surface area contributed by atoms with Crippen LogP contribution in [0.3, 0.4) is 0 Å². The summed E-state index contributed by atoms with van der Waals surface area (Å²) < 4.78 is 5.27. The van der Waals surface area contributed by atoms with Gasteiger partial charge in [0.05, 0.1) is 13.2 Å². The molecule has 1 unspecified atom stereocenters. The number of aliphatic hydroxyl groups excluding tert-OH is 1. The summed E-state index contributed by atoms with van der Waals surface area (Å²) in [5, 5.41) is 10.3. The molecule has 1 aromatic rings. The van der Waals surface area contributed by atoms with Crippen LogP contribution in [-0.4, -0.2) is 42.2 Å². The quantitative estimate of drug-likeness (QED) is 0.929. The van der Waals surface area contributed by atoms with Crippen LogP contribution in [0, 0.1) is 11.8 Å². The van der Waals surface area contributed by atoms with E-state index < -0.39 is 0 Å². The van der Waals surface area contributed by atoms with Gasteiger partial charge in [-0.3, -0.25) is 4.79 Å². The first-order valence-corrected chi connectivity index (χ1v) is 8.68. The first kappa shape index (κ1) is 16.3. The molecule has 2 aliphatic rings. The zero-order valence-corrected chi connectivity index (χ0v) is 14.1. The number of methoxy groups -OCH3 is 1. The topological polar surface area (TPSA) is 49.8 Å². The number of ether oxygens (including phenoxy) is 1. The number of fused-ring (bicyclic) bond motifs is 2. The van der Waals surface area contributed by atoms with Crippen molar-refractivity contribution in [2.45, 2.75) is 44.6 Å². The van der Waals surface area contributed by atoms with Crippen molar-refractivity contribution in [3.05, 3.63) is 29.8 Å². The van der Waals surface area contributed by atoms with Crippen LogP contribution in [0.1, 0.15) is 44.1 Å². The number of rotatable bonds is 4. The maximum atomic E-state index is 12.7. The normalized spacial score (nSPS) is 28.3.